The van der Waals surface area contributed by atoms with E-state index in [9.17, 15) is 18.0 Å². The smallest absolute Gasteiger partial charge is 0.256 e. The van der Waals surface area contributed by atoms with Crippen molar-refractivity contribution in [3.8, 4) is 17.2 Å². The molecule has 3 aromatic carbocycles. The highest BCUT2D eigenvalue weighted by molar-refractivity contribution is 6.05. The van der Waals surface area contributed by atoms with Crippen LogP contribution in [-0.4, -0.2) is 20.1 Å². The molecule has 0 heterocycles. The Hall–Kier alpha value is -3.68. The number of amides is 1. The number of hydrogen-bond acceptors (Lipinski definition) is 4. The Balaban J connectivity index is 1.87. The van der Waals surface area contributed by atoms with Crippen LogP contribution in [0.3, 0.4) is 0 Å². The molecule has 0 aliphatic carbocycles. The van der Waals surface area contributed by atoms with Crippen LogP contribution in [0, 0.1) is 17.5 Å². The lowest BCUT2D eigenvalue weighted by molar-refractivity contribution is 0.102. The number of anilines is 1. The molecule has 0 fully saturated rings. The molecule has 0 radical (unpaired) electrons. The maximum Gasteiger partial charge on any atom is 0.256 e. The first-order chi connectivity index (χ1) is 14.4. The number of carbonyl (C=O) groups excluding carboxylic acids is 1. The lowest BCUT2D eigenvalue weighted by Gasteiger charge is -2.16. The number of halogens is 3. The van der Waals surface area contributed by atoms with Gasteiger partial charge < -0.3 is 19.5 Å². The van der Waals surface area contributed by atoms with Gasteiger partial charge in [0, 0.05) is 5.56 Å². The fraction of sp³-hybridized carbons (Fsp3) is 0.136. The van der Waals surface area contributed by atoms with Gasteiger partial charge in [-0.2, -0.15) is 0 Å². The third-order valence-corrected chi connectivity index (χ3v) is 4.23. The van der Waals surface area contributed by atoms with Crippen molar-refractivity contribution in [3.05, 3.63) is 83.2 Å². The maximum absolute atomic E-state index is 13.9. The zero-order valence-corrected chi connectivity index (χ0v) is 16.2. The second-order valence-corrected chi connectivity index (χ2v) is 6.16. The minimum absolute atomic E-state index is 0.0416. The van der Waals surface area contributed by atoms with E-state index in [1.54, 1.807) is 0 Å². The van der Waals surface area contributed by atoms with Crippen molar-refractivity contribution in [3.63, 3.8) is 0 Å². The van der Waals surface area contributed by atoms with Crippen molar-refractivity contribution in [2.75, 3.05) is 19.5 Å². The molecule has 0 unspecified atom stereocenters. The number of hydrogen-bond donors (Lipinski definition) is 1. The molecule has 1 N–H and O–H groups in total. The van der Waals surface area contributed by atoms with Gasteiger partial charge in [0.2, 0.25) is 5.75 Å². The first kappa shape index (κ1) is 21.0. The normalized spacial score (nSPS) is 10.4. The van der Waals surface area contributed by atoms with Crippen molar-refractivity contribution in [1.29, 1.82) is 0 Å². The number of benzene rings is 3. The Bertz CT molecular complexity index is 1030. The summed E-state index contributed by atoms with van der Waals surface area (Å²) in [6, 6.07) is 13.8. The van der Waals surface area contributed by atoms with Crippen molar-refractivity contribution in [2.45, 2.75) is 6.61 Å². The van der Waals surface area contributed by atoms with Gasteiger partial charge in [0.1, 0.15) is 6.61 Å². The van der Waals surface area contributed by atoms with Gasteiger partial charge in [-0.05, 0) is 29.8 Å². The third-order valence-electron chi connectivity index (χ3n) is 4.23. The summed E-state index contributed by atoms with van der Waals surface area (Å²) in [5.74, 6) is -4.60. The van der Waals surface area contributed by atoms with Crippen LogP contribution >= 0.6 is 0 Å². The minimum atomic E-state index is -1.67. The van der Waals surface area contributed by atoms with Crippen LogP contribution in [0.4, 0.5) is 18.9 Å². The predicted molar refractivity (Wildman–Crippen MR) is 105 cm³/mol. The minimum Gasteiger partial charge on any atom is -0.493 e. The zero-order chi connectivity index (χ0) is 21.7. The largest absolute Gasteiger partial charge is 0.493 e. The van der Waals surface area contributed by atoms with E-state index in [4.69, 9.17) is 14.2 Å². The average molecular weight is 417 g/mol. The summed E-state index contributed by atoms with van der Waals surface area (Å²) < 4.78 is 56.8. The van der Waals surface area contributed by atoms with Crippen molar-refractivity contribution >= 4 is 11.6 Å². The topological polar surface area (TPSA) is 56.8 Å². The molecule has 0 saturated carbocycles. The molecule has 0 aliphatic rings. The predicted octanol–water partition coefficient (Wildman–Crippen LogP) is 4.95. The zero-order valence-electron chi connectivity index (χ0n) is 16.2. The van der Waals surface area contributed by atoms with Crippen molar-refractivity contribution in [2.24, 2.45) is 0 Å². The van der Waals surface area contributed by atoms with E-state index >= 15 is 0 Å². The fourth-order valence-electron chi connectivity index (χ4n) is 2.70. The molecule has 5 nitrogen and oxygen atoms in total. The monoisotopic (exact) mass is 417 g/mol. The van der Waals surface area contributed by atoms with Crippen LogP contribution in [-0.2, 0) is 6.61 Å². The van der Waals surface area contributed by atoms with E-state index in [-0.39, 0.29) is 29.4 Å². The first-order valence-electron chi connectivity index (χ1n) is 8.82. The Morgan fingerprint density at radius 1 is 0.900 bits per heavy atom. The highest BCUT2D eigenvalue weighted by atomic mass is 19.2. The van der Waals surface area contributed by atoms with Crippen molar-refractivity contribution in [1.82, 2.24) is 0 Å². The van der Waals surface area contributed by atoms with E-state index < -0.39 is 29.0 Å². The summed E-state index contributed by atoms with van der Waals surface area (Å²) in [6.45, 7) is 0.235. The van der Waals surface area contributed by atoms with Gasteiger partial charge in [0.05, 0.1) is 19.9 Å². The lowest BCUT2D eigenvalue weighted by atomic mass is 10.1. The maximum atomic E-state index is 13.9. The summed E-state index contributed by atoms with van der Waals surface area (Å²) in [5.41, 5.74) is 0.457. The molecule has 0 aromatic heterocycles. The van der Waals surface area contributed by atoms with Crippen LogP contribution in [0.25, 0.3) is 0 Å². The van der Waals surface area contributed by atoms with Gasteiger partial charge >= 0.3 is 0 Å². The Labute approximate surface area is 171 Å². The van der Waals surface area contributed by atoms with Crippen LogP contribution in [0.15, 0.2) is 54.6 Å². The van der Waals surface area contributed by atoms with Gasteiger partial charge in [0.25, 0.3) is 5.91 Å². The molecule has 0 saturated heterocycles. The van der Waals surface area contributed by atoms with Crippen LogP contribution in [0.5, 0.6) is 17.2 Å². The van der Waals surface area contributed by atoms with Crippen LogP contribution in [0.1, 0.15) is 15.9 Å². The molecule has 3 aromatic rings. The van der Waals surface area contributed by atoms with E-state index in [0.29, 0.717) is 0 Å². The van der Waals surface area contributed by atoms with Gasteiger partial charge in [-0.25, -0.2) is 13.2 Å². The fourth-order valence-corrected chi connectivity index (χ4v) is 2.70. The standard InChI is InChI=1S/C22H18F3NO4/c1-28-17-10-14(22(27)26-16-9-8-15(23)19(24)20(16)25)11-18(29-2)21(17)30-12-13-6-4-3-5-7-13/h3-11H,12H2,1-2H3,(H,26,27). The average Bonchev–Trinajstić information content (AvgIpc) is 2.78. The van der Waals surface area contributed by atoms with Gasteiger partial charge in [-0.15, -0.1) is 0 Å². The third kappa shape index (κ3) is 4.48. The van der Waals surface area contributed by atoms with E-state index in [2.05, 4.69) is 5.32 Å². The number of ether oxygens (including phenoxy) is 3. The molecule has 0 bridgehead atoms. The molecule has 156 valence electrons. The number of nitrogens with one attached hydrogen (secondary N) is 1. The summed E-state index contributed by atoms with van der Waals surface area (Å²) in [7, 11) is 2.78. The number of carbonyl (C=O) groups is 1. The van der Waals surface area contributed by atoms with E-state index in [0.717, 1.165) is 17.7 Å². The summed E-state index contributed by atoms with van der Waals surface area (Å²) >= 11 is 0. The first-order valence-corrected chi connectivity index (χ1v) is 8.82. The molecule has 30 heavy (non-hydrogen) atoms. The molecule has 1 amide bonds. The second kappa shape index (κ2) is 9.21. The molecule has 0 atom stereocenters. The van der Waals surface area contributed by atoms with Gasteiger partial charge in [-0.1, -0.05) is 30.3 Å². The summed E-state index contributed by atoms with van der Waals surface area (Å²) in [6.07, 6.45) is 0. The summed E-state index contributed by atoms with van der Waals surface area (Å²) in [5, 5.41) is 2.20. The summed E-state index contributed by atoms with van der Waals surface area (Å²) in [4.78, 5) is 12.5. The molecule has 0 spiro atoms. The van der Waals surface area contributed by atoms with Gasteiger partial charge in [0.15, 0.2) is 29.0 Å². The van der Waals surface area contributed by atoms with Crippen LogP contribution in [0.2, 0.25) is 0 Å². The quantitative estimate of drug-likeness (QED) is 0.553. The second-order valence-electron chi connectivity index (χ2n) is 6.16. The lowest BCUT2D eigenvalue weighted by Crippen LogP contribution is -2.14. The highest BCUT2D eigenvalue weighted by Gasteiger charge is 2.20. The molecular weight excluding hydrogens is 399 g/mol. The molecule has 8 heteroatoms. The molecular formula is C22H18F3NO4. The Morgan fingerprint density at radius 2 is 1.53 bits per heavy atom. The van der Waals surface area contributed by atoms with Crippen molar-refractivity contribution < 1.29 is 32.2 Å². The highest BCUT2D eigenvalue weighted by Crippen LogP contribution is 2.39. The van der Waals surface area contributed by atoms with E-state index in [1.807, 2.05) is 30.3 Å². The number of rotatable bonds is 7. The SMILES string of the molecule is COc1cc(C(=O)Nc2ccc(F)c(F)c2F)cc(OC)c1OCc1ccccc1. The van der Waals surface area contributed by atoms with Gasteiger partial charge in [-0.3, -0.25) is 4.79 Å². The molecule has 0 aliphatic heterocycles. The Kier molecular flexibility index (Phi) is 6.46. The van der Waals surface area contributed by atoms with E-state index in [1.165, 1.54) is 26.4 Å². The van der Waals surface area contributed by atoms with Crippen LogP contribution < -0.4 is 19.5 Å². The molecule has 3 rings (SSSR count). The number of methoxy groups -OCH3 is 2. The Morgan fingerprint density at radius 3 is 2.13 bits per heavy atom.